The number of fused-ring (bicyclic) bond motifs is 4. The van der Waals surface area contributed by atoms with Crippen LogP contribution in [-0.2, 0) is 0 Å². The third kappa shape index (κ3) is 3.30. The van der Waals surface area contributed by atoms with Crippen molar-refractivity contribution in [1.82, 2.24) is 10.2 Å². The minimum Gasteiger partial charge on any atom is -0.425 e. The first-order valence-corrected chi connectivity index (χ1v) is 9.54. The molecule has 1 aromatic heterocycles. The van der Waals surface area contributed by atoms with Crippen molar-refractivity contribution in [2.24, 2.45) is 5.92 Å². The lowest BCUT2D eigenvalue weighted by atomic mass is 9.84. The van der Waals surface area contributed by atoms with Crippen molar-refractivity contribution < 1.29 is 13.9 Å². The van der Waals surface area contributed by atoms with Gasteiger partial charge in [0.05, 0.1) is 0 Å². The highest BCUT2D eigenvalue weighted by Crippen LogP contribution is 2.30. The lowest BCUT2D eigenvalue weighted by Crippen LogP contribution is -2.57. The van der Waals surface area contributed by atoms with Gasteiger partial charge in [0.1, 0.15) is 5.76 Å². The molecule has 4 heterocycles. The van der Waals surface area contributed by atoms with Crippen LogP contribution in [0.1, 0.15) is 12.8 Å². The largest absolute Gasteiger partial charge is 0.425 e. The maximum Gasteiger partial charge on any atom is 0.415 e. The number of rotatable bonds is 3. The van der Waals surface area contributed by atoms with E-state index in [2.05, 4.69) is 34.5 Å². The van der Waals surface area contributed by atoms with Gasteiger partial charge in [0.15, 0.2) is 0 Å². The number of hydrogen-bond acceptors (Lipinski definition) is 4. The molecular formula is C22H22N2O3. The standard InChI is InChI=1S/C22H22N2O3/c25-22(23-19-14-24-11-9-16(19)10-12-24)27-21-8-7-20(26-21)18-6-5-15-3-1-2-4-17(15)13-18/h1-8,13,16,19H,9-12,14H2,(H,23,25)/t19-/m0/s1. The van der Waals surface area contributed by atoms with Crippen molar-refractivity contribution in [3.8, 4) is 17.3 Å². The number of amides is 1. The molecule has 5 nitrogen and oxygen atoms in total. The van der Waals surface area contributed by atoms with Gasteiger partial charge in [-0.1, -0.05) is 36.4 Å². The van der Waals surface area contributed by atoms with Crippen molar-refractivity contribution in [1.29, 1.82) is 0 Å². The van der Waals surface area contributed by atoms with Crippen LogP contribution >= 0.6 is 0 Å². The Labute approximate surface area is 157 Å². The summed E-state index contributed by atoms with van der Waals surface area (Å²) in [4.78, 5) is 14.7. The summed E-state index contributed by atoms with van der Waals surface area (Å²) in [7, 11) is 0. The summed E-state index contributed by atoms with van der Waals surface area (Å²) in [6.07, 6.45) is 1.86. The fourth-order valence-corrected chi connectivity index (χ4v) is 4.27. The molecule has 138 valence electrons. The first-order valence-electron chi connectivity index (χ1n) is 9.54. The Morgan fingerprint density at radius 2 is 1.85 bits per heavy atom. The zero-order valence-corrected chi connectivity index (χ0v) is 15.1. The number of nitrogens with zero attached hydrogens (tertiary/aromatic N) is 1. The molecule has 3 fully saturated rings. The summed E-state index contributed by atoms with van der Waals surface area (Å²) < 4.78 is 11.1. The van der Waals surface area contributed by atoms with Crippen LogP contribution in [0.4, 0.5) is 4.79 Å². The van der Waals surface area contributed by atoms with Crippen LogP contribution in [0.15, 0.2) is 59.0 Å². The molecule has 6 rings (SSSR count). The second-order valence-corrected chi connectivity index (χ2v) is 7.46. The maximum atomic E-state index is 12.3. The van der Waals surface area contributed by atoms with E-state index >= 15 is 0 Å². The summed E-state index contributed by atoms with van der Waals surface area (Å²) in [6, 6.07) is 18.0. The topological polar surface area (TPSA) is 54.7 Å². The minimum atomic E-state index is -0.437. The van der Waals surface area contributed by atoms with E-state index in [1.165, 1.54) is 5.39 Å². The predicted molar refractivity (Wildman–Crippen MR) is 104 cm³/mol. The monoisotopic (exact) mass is 362 g/mol. The lowest BCUT2D eigenvalue weighted by molar-refractivity contribution is 0.0715. The molecule has 0 aliphatic carbocycles. The molecule has 1 amide bonds. The Kier molecular flexibility index (Phi) is 4.09. The van der Waals surface area contributed by atoms with E-state index in [-0.39, 0.29) is 12.0 Å². The molecular weight excluding hydrogens is 340 g/mol. The highest BCUT2D eigenvalue weighted by molar-refractivity contribution is 5.86. The number of carbonyl (C=O) groups is 1. The van der Waals surface area contributed by atoms with Gasteiger partial charge in [-0.25, -0.2) is 4.79 Å². The van der Waals surface area contributed by atoms with Gasteiger partial charge in [-0.15, -0.1) is 0 Å². The summed E-state index contributed by atoms with van der Waals surface area (Å²) in [5, 5.41) is 5.34. The van der Waals surface area contributed by atoms with E-state index in [9.17, 15) is 4.79 Å². The SMILES string of the molecule is O=C(N[C@H]1CN2CCC1CC2)Oc1ccc(-c2ccc3ccccc3c2)o1. The Bertz CT molecular complexity index is 972. The molecule has 1 atom stereocenters. The second-order valence-electron chi connectivity index (χ2n) is 7.46. The third-order valence-electron chi connectivity index (χ3n) is 5.77. The molecule has 3 aromatic rings. The molecule has 3 saturated heterocycles. The van der Waals surface area contributed by atoms with E-state index in [0.717, 1.165) is 43.4 Å². The van der Waals surface area contributed by atoms with E-state index in [4.69, 9.17) is 9.15 Å². The number of benzene rings is 2. The number of furan rings is 1. The first-order chi connectivity index (χ1) is 13.2. The fourth-order valence-electron chi connectivity index (χ4n) is 4.27. The highest BCUT2D eigenvalue weighted by atomic mass is 16.6. The van der Waals surface area contributed by atoms with E-state index in [1.54, 1.807) is 6.07 Å². The molecule has 3 aliphatic rings. The van der Waals surface area contributed by atoms with Gasteiger partial charge < -0.3 is 19.4 Å². The number of nitrogens with one attached hydrogen (secondary N) is 1. The Balaban J connectivity index is 1.26. The van der Waals surface area contributed by atoms with E-state index < -0.39 is 6.09 Å². The van der Waals surface area contributed by atoms with Crippen LogP contribution < -0.4 is 10.1 Å². The quantitative estimate of drug-likeness (QED) is 0.755. The Hall–Kier alpha value is -2.79. The maximum absolute atomic E-state index is 12.3. The normalized spacial score (nSPS) is 24.1. The molecule has 2 bridgehead atoms. The molecule has 2 aromatic carbocycles. The van der Waals surface area contributed by atoms with Gasteiger partial charge in [-0.2, -0.15) is 0 Å². The van der Waals surface area contributed by atoms with Crippen LogP contribution in [0.3, 0.4) is 0 Å². The van der Waals surface area contributed by atoms with E-state index in [0.29, 0.717) is 11.7 Å². The predicted octanol–water partition coefficient (Wildman–Crippen LogP) is 4.28. The number of hydrogen-bond donors (Lipinski definition) is 1. The van der Waals surface area contributed by atoms with Crippen LogP contribution in [-0.4, -0.2) is 36.7 Å². The van der Waals surface area contributed by atoms with Gasteiger partial charge in [0.2, 0.25) is 0 Å². The van der Waals surface area contributed by atoms with E-state index in [1.807, 2.05) is 24.3 Å². The second kappa shape index (κ2) is 6.74. The highest BCUT2D eigenvalue weighted by Gasteiger charge is 2.35. The van der Waals surface area contributed by atoms with Crippen molar-refractivity contribution in [2.75, 3.05) is 19.6 Å². The van der Waals surface area contributed by atoms with Crippen LogP contribution in [0.2, 0.25) is 0 Å². The van der Waals surface area contributed by atoms with Gasteiger partial charge in [0.25, 0.3) is 5.95 Å². The zero-order valence-electron chi connectivity index (χ0n) is 15.1. The van der Waals surface area contributed by atoms with Gasteiger partial charge >= 0.3 is 6.09 Å². The van der Waals surface area contributed by atoms with Crippen molar-refractivity contribution >= 4 is 16.9 Å². The van der Waals surface area contributed by atoms with Crippen molar-refractivity contribution in [3.05, 3.63) is 54.6 Å². The Morgan fingerprint density at radius 1 is 1.04 bits per heavy atom. The first kappa shape index (κ1) is 16.4. The summed E-state index contributed by atoms with van der Waals surface area (Å²) >= 11 is 0. The lowest BCUT2D eigenvalue weighted by Gasteiger charge is -2.44. The molecule has 0 unspecified atom stereocenters. The molecule has 0 saturated carbocycles. The van der Waals surface area contributed by atoms with Gasteiger partial charge in [-0.05, 0) is 54.8 Å². The minimum absolute atomic E-state index is 0.176. The number of piperidine rings is 3. The molecule has 0 spiro atoms. The van der Waals surface area contributed by atoms with Gasteiger partial charge in [-0.3, -0.25) is 0 Å². The number of ether oxygens (including phenoxy) is 1. The van der Waals surface area contributed by atoms with Crippen molar-refractivity contribution in [2.45, 2.75) is 18.9 Å². The van der Waals surface area contributed by atoms with Crippen molar-refractivity contribution in [3.63, 3.8) is 0 Å². The summed E-state index contributed by atoms with van der Waals surface area (Å²) in [5.74, 6) is 1.47. The molecule has 0 radical (unpaired) electrons. The fraction of sp³-hybridized carbons (Fsp3) is 0.318. The third-order valence-corrected chi connectivity index (χ3v) is 5.77. The average molecular weight is 362 g/mol. The molecule has 27 heavy (non-hydrogen) atoms. The average Bonchev–Trinajstić information content (AvgIpc) is 3.17. The summed E-state index contributed by atoms with van der Waals surface area (Å²) in [6.45, 7) is 3.21. The number of carbonyl (C=O) groups excluding carboxylic acids is 1. The van der Waals surface area contributed by atoms with Crippen LogP contribution in [0, 0.1) is 5.92 Å². The molecule has 5 heteroatoms. The Morgan fingerprint density at radius 3 is 2.63 bits per heavy atom. The zero-order chi connectivity index (χ0) is 18.2. The summed E-state index contributed by atoms with van der Waals surface area (Å²) in [5.41, 5.74) is 0.960. The van der Waals surface area contributed by atoms with Gasteiger partial charge in [0, 0.05) is 24.2 Å². The molecule has 3 aliphatic heterocycles. The van der Waals surface area contributed by atoms with Crippen LogP contribution in [0.25, 0.3) is 22.1 Å². The van der Waals surface area contributed by atoms with Crippen LogP contribution in [0.5, 0.6) is 5.95 Å². The smallest absolute Gasteiger partial charge is 0.415 e. The molecule has 1 N–H and O–H groups in total.